The van der Waals surface area contributed by atoms with E-state index in [2.05, 4.69) is 34.8 Å². The Bertz CT molecular complexity index is 310. The minimum absolute atomic E-state index is 0.0942. The molecule has 96 valence electrons. The van der Waals surface area contributed by atoms with Crippen molar-refractivity contribution in [1.82, 2.24) is 25.6 Å². The van der Waals surface area contributed by atoms with Gasteiger partial charge in [-0.15, -0.1) is 5.10 Å². The first kappa shape index (κ1) is 13.6. The van der Waals surface area contributed by atoms with Gasteiger partial charge in [0.15, 0.2) is 0 Å². The lowest BCUT2D eigenvalue weighted by Crippen LogP contribution is -2.31. The Balaban J connectivity index is 1.97. The van der Waals surface area contributed by atoms with Gasteiger partial charge in [-0.25, -0.2) is 0 Å². The molecule has 1 heterocycles. The van der Waals surface area contributed by atoms with Crippen LogP contribution >= 0.6 is 0 Å². The molecule has 0 saturated carbocycles. The molecule has 0 atom stereocenters. The summed E-state index contributed by atoms with van der Waals surface area (Å²) in [7, 11) is 0. The van der Waals surface area contributed by atoms with E-state index in [9.17, 15) is 4.79 Å². The van der Waals surface area contributed by atoms with E-state index in [0.717, 1.165) is 19.5 Å². The molecule has 0 aliphatic heterocycles. The van der Waals surface area contributed by atoms with Gasteiger partial charge in [0.05, 0.1) is 6.20 Å². The zero-order valence-corrected chi connectivity index (χ0v) is 10.5. The van der Waals surface area contributed by atoms with E-state index in [1.165, 1.54) is 0 Å². The second kappa shape index (κ2) is 7.78. The van der Waals surface area contributed by atoms with Crippen LogP contribution in [-0.4, -0.2) is 40.0 Å². The second-order valence-corrected chi connectivity index (χ2v) is 4.23. The van der Waals surface area contributed by atoms with Gasteiger partial charge >= 0.3 is 0 Å². The van der Waals surface area contributed by atoms with Crippen LogP contribution in [0.2, 0.25) is 0 Å². The molecule has 6 nitrogen and oxygen atoms in total. The highest BCUT2D eigenvalue weighted by Gasteiger charge is 2.01. The highest BCUT2D eigenvalue weighted by molar-refractivity contribution is 5.75. The van der Waals surface area contributed by atoms with Crippen LogP contribution in [0.15, 0.2) is 12.4 Å². The van der Waals surface area contributed by atoms with E-state index in [1.807, 2.05) is 6.20 Å². The quantitative estimate of drug-likeness (QED) is 0.634. The normalized spacial score (nSPS) is 10.8. The fraction of sp³-hybridized carbons (Fsp3) is 0.727. The average Bonchev–Trinajstić information content (AvgIpc) is 2.76. The Morgan fingerprint density at radius 2 is 2.24 bits per heavy atom. The summed E-state index contributed by atoms with van der Waals surface area (Å²) >= 11 is 0. The SMILES string of the molecule is CC(C)NCCC(=O)NCCCn1ccnn1. The standard InChI is InChI=1S/C11H21N5O/c1-10(2)12-6-4-11(17)13-5-3-8-16-9-7-14-15-16/h7,9-10,12H,3-6,8H2,1-2H3,(H,13,17). The van der Waals surface area contributed by atoms with Crippen molar-refractivity contribution in [1.29, 1.82) is 0 Å². The molecule has 17 heavy (non-hydrogen) atoms. The Morgan fingerprint density at radius 3 is 2.88 bits per heavy atom. The molecule has 6 heteroatoms. The van der Waals surface area contributed by atoms with Gasteiger partial charge in [0.2, 0.25) is 5.91 Å². The van der Waals surface area contributed by atoms with Crippen LogP contribution < -0.4 is 10.6 Å². The van der Waals surface area contributed by atoms with Crippen molar-refractivity contribution < 1.29 is 4.79 Å². The summed E-state index contributed by atoms with van der Waals surface area (Å²) in [6, 6.07) is 0.426. The summed E-state index contributed by atoms with van der Waals surface area (Å²) in [6.07, 6.45) is 4.86. The van der Waals surface area contributed by atoms with Crippen LogP contribution in [0.3, 0.4) is 0 Å². The number of rotatable bonds is 8. The van der Waals surface area contributed by atoms with Crippen molar-refractivity contribution in [3.05, 3.63) is 12.4 Å². The summed E-state index contributed by atoms with van der Waals surface area (Å²) in [4.78, 5) is 11.4. The van der Waals surface area contributed by atoms with E-state index in [4.69, 9.17) is 0 Å². The van der Waals surface area contributed by atoms with Crippen molar-refractivity contribution in [3.63, 3.8) is 0 Å². The van der Waals surface area contributed by atoms with E-state index in [-0.39, 0.29) is 5.91 Å². The fourth-order valence-corrected chi connectivity index (χ4v) is 1.38. The molecule has 0 aromatic carbocycles. The first-order valence-electron chi connectivity index (χ1n) is 6.02. The zero-order valence-electron chi connectivity index (χ0n) is 10.5. The van der Waals surface area contributed by atoms with Gasteiger partial charge in [-0.3, -0.25) is 9.48 Å². The zero-order chi connectivity index (χ0) is 12.5. The van der Waals surface area contributed by atoms with Crippen molar-refractivity contribution in [2.75, 3.05) is 13.1 Å². The number of hydrogen-bond acceptors (Lipinski definition) is 4. The van der Waals surface area contributed by atoms with E-state index < -0.39 is 0 Å². The maximum absolute atomic E-state index is 11.4. The molecule has 1 aromatic heterocycles. The van der Waals surface area contributed by atoms with E-state index >= 15 is 0 Å². The van der Waals surface area contributed by atoms with Crippen LogP contribution in [0.5, 0.6) is 0 Å². The first-order valence-corrected chi connectivity index (χ1v) is 6.02. The summed E-state index contributed by atoms with van der Waals surface area (Å²) in [5.41, 5.74) is 0. The third kappa shape index (κ3) is 6.68. The minimum Gasteiger partial charge on any atom is -0.356 e. The highest BCUT2D eigenvalue weighted by Crippen LogP contribution is 1.87. The largest absolute Gasteiger partial charge is 0.356 e. The number of carbonyl (C=O) groups excluding carboxylic acids is 1. The van der Waals surface area contributed by atoms with Crippen molar-refractivity contribution in [2.45, 2.75) is 39.3 Å². The van der Waals surface area contributed by atoms with E-state index in [0.29, 0.717) is 19.0 Å². The third-order valence-corrected chi connectivity index (χ3v) is 2.26. The number of nitrogens with one attached hydrogen (secondary N) is 2. The monoisotopic (exact) mass is 239 g/mol. The average molecular weight is 239 g/mol. The lowest BCUT2D eigenvalue weighted by Gasteiger charge is -2.08. The van der Waals surface area contributed by atoms with Crippen molar-refractivity contribution in [2.24, 2.45) is 0 Å². The Morgan fingerprint density at radius 1 is 1.41 bits per heavy atom. The topological polar surface area (TPSA) is 71.8 Å². The maximum Gasteiger partial charge on any atom is 0.221 e. The first-order chi connectivity index (χ1) is 8.18. The number of aromatic nitrogens is 3. The van der Waals surface area contributed by atoms with Gasteiger partial charge in [0.25, 0.3) is 0 Å². The molecule has 0 aliphatic carbocycles. The fourth-order valence-electron chi connectivity index (χ4n) is 1.38. The number of hydrogen-bond donors (Lipinski definition) is 2. The number of aryl methyl sites for hydroxylation is 1. The molecule has 1 rings (SSSR count). The van der Waals surface area contributed by atoms with Gasteiger partial charge in [-0.05, 0) is 6.42 Å². The highest BCUT2D eigenvalue weighted by atomic mass is 16.1. The van der Waals surface area contributed by atoms with E-state index in [1.54, 1.807) is 10.9 Å². The molecule has 1 aromatic rings. The maximum atomic E-state index is 11.4. The molecule has 1 amide bonds. The van der Waals surface area contributed by atoms with Gasteiger partial charge in [0, 0.05) is 38.3 Å². The Hall–Kier alpha value is -1.43. The summed E-state index contributed by atoms with van der Waals surface area (Å²) < 4.78 is 1.76. The molecule has 0 unspecified atom stereocenters. The van der Waals surface area contributed by atoms with Gasteiger partial charge in [-0.2, -0.15) is 0 Å². The molecule has 0 spiro atoms. The molecule has 0 saturated heterocycles. The summed E-state index contributed by atoms with van der Waals surface area (Å²) in [5.74, 6) is 0.0942. The van der Waals surface area contributed by atoms with Crippen LogP contribution in [0, 0.1) is 0 Å². The van der Waals surface area contributed by atoms with Crippen molar-refractivity contribution in [3.8, 4) is 0 Å². The summed E-state index contributed by atoms with van der Waals surface area (Å²) in [5, 5.41) is 13.6. The molecule has 0 radical (unpaired) electrons. The predicted molar refractivity (Wildman–Crippen MR) is 65.4 cm³/mol. The Labute approximate surface area is 102 Å². The van der Waals surface area contributed by atoms with Crippen LogP contribution in [-0.2, 0) is 11.3 Å². The number of carbonyl (C=O) groups is 1. The molecular formula is C11H21N5O. The summed E-state index contributed by atoms with van der Waals surface area (Å²) in [6.45, 7) is 6.32. The molecule has 2 N–H and O–H groups in total. The smallest absolute Gasteiger partial charge is 0.221 e. The van der Waals surface area contributed by atoms with Crippen LogP contribution in [0.4, 0.5) is 0 Å². The molecule has 0 bridgehead atoms. The van der Waals surface area contributed by atoms with Gasteiger partial charge in [0.1, 0.15) is 0 Å². The van der Waals surface area contributed by atoms with Crippen LogP contribution in [0.25, 0.3) is 0 Å². The number of amides is 1. The predicted octanol–water partition coefficient (Wildman–Crippen LogP) is 0.173. The van der Waals surface area contributed by atoms with Gasteiger partial charge in [-0.1, -0.05) is 19.1 Å². The Kier molecular flexibility index (Phi) is 6.24. The lowest BCUT2D eigenvalue weighted by molar-refractivity contribution is -0.121. The van der Waals surface area contributed by atoms with Gasteiger partial charge < -0.3 is 10.6 Å². The van der Waals surface area contributed by atoms with Crippen molar-refractivity contribution >= 4 is 5.91 Å². The lowest BCUT2D eigenvalue weighted by atomic mass is 10.3. The third-order valence-electron chi connectivity index (χ3n) is 2.26. The number of nitrogens with zero attached hydrogens (tertiary/aromatic N) is 3. The second-order valence-electron chi connectivity index (χ2n) is 4.23. The molecular weight excluding hydrogens is 218 g/mol. The molecule has 0 fully saturated rings. The molecule has 0 aliphatic rings. The van der Waals surface area contributed by atoms with Crippen LogP contribution in [0.1, 0.15) is 26.7 Å². The minimum atomic E-state index is 0.0942.